The molecule has 1 N–H and O–H groups in total. The molecule has 0 fully saturated rings. The van der Waals surface area contributed by atoms with Crippen molar-refractivity contribution >= 4 is 34.0 Å². The molecule has 1 unspecified atom stereocenters. The molecule has 6 nitrogen and oxygen atoms in total. The number of nitrogens with one attached hydrogen (secondary N) is 1. The third-order valence-electron chi connectivity index (χ3n) is 5.27. The van der Waals surface area contributed by atoms with Gasteiger partial charge >= 0.3 is 0 Å². The fourth-order valence-corrected chi connectivity index (χ4v) is 5.86. The van der Waals surface area contributed by atoms with Crippen molar-refractivity contribution in [2.45, 2.75) is 37.9 Å². The molecule has 158 valence electrons. The average molecular weight is 450 g/mol. The summed E-state index contributed by atoms with van der Waals surface area (Å²) in [6, 6.07) is 12.1. The summed E-state index contributed by atoms with van der Waals surface area (Å²) in [5.74, 6) is 1.40. The minimum Gasteiger partial charge on any atom is -0.316 e. The Hall–Kier alpha value is -2.89. The molecule has 0 radical (unpaired) electrons. The van der Waals surface area contributed by atoms with Gasteiger partial charge in [0.1, 0.15) is 11.1 Å². The lowest BCUT2D eigenvalue weighted by Crippen LogP contribution is -2.15. The van der Waals surface area contributed by atoms with Gasteiger partial charge in [-0.25, -0.2) is 0 Å². The topological polar surface area (TPSA) is 83.6 Å². The standard InChI is InChI=1S/C23H23N5OS2/c1-3-11-28-21(16-7-5-4-6-8-16)26-27-23(28)30-14-20(29)25-22-18(13-24)17-10-9-15(2)12-19(17)31-22/h3-8,15H,1,9-12,14H2,2H3,(H,25,29). The van der Waals surface area contributed by atoms with Gasteiger partial charge in [0.2, 0.25) is 5.91 Å². The molecule has 4 rings (SSSR count). The molecule has 1 aliphatic carbocycles. The normalized spacial score (nSPS) is 15.2. The Labute approximate surface area is 190 Å². The SMILES string of the molecule is C=CCn1c(SCC(=O)Nc2sc3c(c2C#N)CCC(C)C3)nnc1-c1ccccc1. The Kier molecular flexibility index (Phi) is 6.54. The molecular formula is C23H23N5OS2. The Morgan fingerprint density at radius 3 is 2.97 bits per heavy atom. The molecule has 0 bridgehead atoms. The van der Waals surface area contributed by atoms with Gasteiger partial charge in [0.25, 0.3) is 0 Å². The molecule has 8 heteroatoms. The Morgan fingerprint density at radius 1 is 1.42 bits per heavy atom. The van der Waals surface area contributed by atoms with Crippen molar-refractivity contribution in [1.82, 2.24) is 14.8 Å². The molecule has 1 aliphatic rings. The van der Waals surface area contributed by atoms with Crippen LogP contribution in [0, 0.1) is 17.2 Å². The maximum atomic E-state index is 12.7. The minimum atomic E-state index is -0.150. The van der Waals surface area contributed by atoms with E-state index in [-0.39, 0.29) is 11.7 Å². The Balaban J connectivity index is 1.47. The summed E-state index contributed by atoms with van der Waals surface area (Å²) in [4.78, 5) is 13.9. The number of carbonyl (C=O) groups excluding carboxylic acids is 1. The van der Waals surface area contributed by atoms with E-state index in [1.807, 2.05) is 34.9 Å². The second-order valence-electron chi connectivity index (χ2n) is 7.58. The van der Waals surface area contributed by atoms with E-state index in [1.165, 1.54) is 16.6 Å². The van der Waals surface area contributed by atoms with Crippen LogP contribution in [0.2, 0.25) is 0 Å². The van der Waals surface area contributed by atoms with Crippen LogP contribution in [-0.4, -0.2) is 26.4 Å². The maximum absolute atomic E-state index is 12.7. The van der Waals surface area contributed by atoms with Gasteiger partial charge in [0.05, 0.1) is 11.3 Å². The number of fused-ring (bicyclic) bond motifs is 1. The van der Waals surface area contributed by atoms with E-state index in [2.05, 4.69) is 35.1 Å². The zero-order chi connectivity index (χ0) is 21.8. The van der Waals surface area contributed by atoms with Gasteiger partial charge < -0.3 is 5.32 Å². The summed E-state index contributed by atoms with van der Waals surface area (Å²) in [6.45, 7) is 6.60. The summed E-state index contributed by atoms with van der Waals surface area (Å²) in [5, 5.41) is 22.5. The number of thiophene rings is 1. The van der Waals surface area contributed by atoms with Crippen LogP contribution >= 0.6 is 23.1 Å². The van der Waals surface area contributed by atoms with Gasteiger partial charge in [0, 0.05) is 17.0 Å². The molecule has 1 amide bonds. The first-order chi connectivity index (χ1) is 15.1. The van der Waals surface area contributed by atoms with E-state index in [9.17, 15) is 10.1 Å². The monoisotopic (exact) mass is 449 g/mol. The average Bonchev–Trinajstić information content (AvgIpc) is 3.33. The van der Waals surface area contributed by atoms with Crippen molar-refractivity contribution in [2.24, 2.45) is 5.92 Å². The fraction of sp³-hybridized carbons (Fsp3) is 0.304. The number of aromatic nitrogens is 3. The molecule has 0 aliphatic heterocycles. The predicted octanol–water partition coefficient (Wildman–Crippen LogP) is 4.92. The number of benzene rings is 1. The first-order valence-electron chi connectivity index (χ1n) is 10.2. The molecule has 2 aromatic heterocycles. The highest BCUT2D eigenvalue weighted by atomic mass is 32.2. The summed E-state index contributed by atoms with van der Waals surface area (Å²) in [6.07, 6.45) is 4.76. The van der Waals surface area contributed by atoms with Gasteiger partial charge in [-0.3, -0.25) is 9.36 Å². The first kappa shape index (κ1) is 21.3. The second-order valence-corrected chi connectivity index (χ2v) is 9.62. The minimum absolute atomic E-state index is 0.150. The third-order valence-corrected chi connectivity index (χ3v) is 7.41. The summed E-state index contributed by atoms with van der Waals surface area (Å²) in [5.41, 5.74) is 2.71. The third kappa shape index (κ3) is 4.58. The number of amides is 1. The highest BCUT2D eigenvalue weighted by Crippen LogP contribution is 2.39. The van der Waals surface area contributed by atoms with E-state index in [0.29, 0.717) is 28.2 Å². The number of carbonyl (C=O) groups is 1. The Morgan fingerprint density at radius 2 is 2.23 bits per heavy atom. The quantitative estimate of drug-likeness (QED) is 0.409. The van der Waals surface area contributed by atoms with Gasteiger partial charge in [-0.1, -0.05) is 55.1 Å². The molecule has 2 heterocycles. The molecule has 31 heavy (non-hydrogen) atoms. The van der Waals surface area contributed by atoms with Crippen molar-refractivity contribution in [1.29, 1.82) is 5.26 Å². The van der Waals surface area contributed by atoms with Crippen molar-refractivity contribution < 1.29 is 4.79 Å². The number of nitrogens with zero attached hydrogens (tertiary/aromatic N) is 4. The molecule has 1 atom stereocenters. The first-order valence-corrected chi connectivity index (χ1v) is 12.0. The predicted molar refractivity (Wildman–Crippen MR) is 125 cm³/mol. The molecular weight excluding hydrogens is 426 g/mol. The maximum Gasteiger partial charge on any atom is 0.235 e. The van der Waals surface area contributed by atoms with Crippen LogP contribution in [0.1, 0.15) is 29.3 Å². The van der Waals surface area contributed by atoms with Crippen LogP contribution in [-0.2, 0) is 24.2 Å². The van der Waals surface area contributed by atoms with Crippen LogP contribution < -0.4 is 5.32 Å². The van der Waals surface area contributed by atoms with Crippen molar-refractivity contribution in [3.63, 3.8) is 0 Å². The zero-order valence-corrected chi connectivity index (χ0v) is 18.9. The second kappa shape index (κ2) is 9.50. The van der Waals surface area contributed by atoms with Crippen molar-refractivity contribution in [3.8, 4) is 17.5 Å². The van der Waals surface area contributed by atoms with Crippen LogP contribution in [0.3, 0.4) is 0 Å². The highest BCUT2D eigenvalue weighted by Gasteiger charge is 2.25. The van der Waals surface area contributed by atoms with Crippen LogP contribution in [0.4, 0.5) is 5.00 Å². The molecule has 0 saturated carbocycles. The molecule has 1 aromatic carbocycles. The van der Waals surface area contributed by atoms with E-state index in [0.717, 1.165) is 36.2 Å². The van der Waals surface area contributed by atoms with Crippen LogP contribution in [0.15, 0.2) is 48.1 Å². The number of nitriles is 1. The fourth-order valence-electron chi connectivity index (χ4n) is 3.74. The summed E-state index contributed by atoms with van der Waals surface area (Å²) < 4.78 is 1.95. The smallest absolute Gasteiger partial charge is 0.235 e. The van der Waals surface area contributed by atoms with Crippen LogP contribution in [0.5, 0.6) is 0 Å². The lowest BCUT2D eigenvalue weighted by Gasteiger charge is -2.17. The number of allylic oxidation sites excluding steroid dienone is 1. The number of rotatable bonds is 7. The number of hydrogen-bond acceptors (Lipinski definition) is 6. The number of thioether (sulfide) groups is 1. The highest BCUT2D eigenvalue weighted by molar-refractivity contribution is 7.99. The molecule has 3 aromatic rings. The van der Waals surface area contributed by atoms with E-state index in [4.69, 9.17) is 0 Å². The van der Waals surface area contributed by atoms with Crippen LogP contribution in [0.25, 0.3) is 11.4 Å². The number of anilines is 1. The van der Waals surface area contributed by atoms with Gasteiger partial charge in [-0.2, -0.15) is 5.26 Å². The van der Waals surface area contributed by atoms with Gasteiger partial charge in [0.15, 0.2) is 11.0 Å². The van der Waals surface area contributed by atoms with E-state index < -0.39 is 0 Å². The van der Waals surface area contributed by atoms with E-state index >= 15 is 0 Å². The van der Waals surface area contributed by atoms with E-state index in [1.54, 1.807) is 17.4 Å². The van der Waals surface area contributed by atoms with Crippen molar-refractivity contribution in [3.05, 3.63) is 59.0 Å². The summed E-state index contributed by atoms with van der Waals surface area (Å²) in [7, 11) is 0. The zero-order valence-electron chi connectivity index (χ0n) is 17.3. The molecule has 0 spiro atoms. The molecule has 0 saturated heterocycles. The van der Waals surface area contributed by atoms with Crippen molar-refractivity contribution in [2.75, 3.05) is 11.1 Å². The Bertz CT molecular complexity index is 1140. The summed E-state index contributed by atoms with van der Waals surface area (Å²) >= 11 is 2.87. The number of hydrogen-bond donors (Lipinski definition) is 1. The largest absolute Gasteiger partial charge is 0.316 e. The van der Waals surface area contributed by atoms with Gasteiger partial charge in [-0.15, -0.1) is 28.1 Å². The van der Waals surface area contributed by atoms with Gasteiger partial charge in [-0.05, 0) is 30.7 Å². The lowest BCUT2D eigenvalue weighted by molar-refractivity contribution is -0.113. The lowest BCUT2D eigenvalue weighted by atomic mass is 9.89.